The smallest absolute Gasteiger partial charge is 0.264 e. The average molecular weight is 624 g/mol. The average Bonchev–Trinajstić information content (AvgIpc) is 3.55. The lowest BCUT2D eigenvalue weighted by Crippen LogP contribution is -2.52. The SMILES string of the molecule is COc1ccc(CN(C(=O)CN(c2ccc(OC)c(OC)c2)S(=O)(=O)c2ccc(C)cc2)C(C)C(=O)NC2CCCC2)cc1. The number of anilines is 1. The van der Waals surface area contributed by atoms with Crippen molar-refractivity contribution in [3.63, 3.8) is 0 Å². The van der Waals surface area contributed by atoms with Gasteiger partial charge < -0.3 is 24.4 Å². The summed E-state index contributed by atoms with van der Waals surface area (Å²) in [6.07, 6.45) is 3.88. The number of nitrogens with zero attached hydrogens (tertiary/aromatic N) is 2. The summed E-state index contributed by atoms with van der Waals surface area (Å²) in [7, 11) is 0.283. The van der Waals surface area contributed by atoms with E-state index in [0.717, 1.165) is 41.1 Å². The molecular weight excluding hydrogens is 582 g/mol. The van der Waals surface area contributed by atoms with Crippen LogP contribution in [-0.2, 0) is 26.2 Å². The third kappa shape index (κ3) is 7.63. The van der Waals surface area contributed by atoms with Crippen molar-refractivity contribution < 1.29 is 32.2 Å². The first kappa shape index (κ1) is 32.7. The molecule has 1 saturated carbocycles. The van der Waals surface area contributed by atoms with Crippen molar-refractivity contribution in [2.75, 3.05) is 32.2 Å². The maximum atomic E-state index is 14.2. The number of carbonyl (C=O) groups is 2. The molecule has 1 aliphatic rings. The van der Waals surface area contributed by atoms with E-state index in [9.17, 15) is 18.0 Å². The fourth-order valence-corrected chi connectivity index (χ4v) is 6.65. The molecule has 1 unspecified atom stereocenters. The van der Waals surface area contributed by atoms with Crippen LogP contribution in [0.25, 0.3) is 0 Å². The lowest BCUT2D eigenvalue weighted by Gasteiger charge is -2.32. The summed E-state index contributed by atoms with van der Waals surface area (Å²) in [5, 5.41) is 3.08. The Morgan fingerprint density at radius 2 is 1.52 bits per heavy atom. The number of amides is 2. The van der Waals surface area contributed by atoms with Gasteiger partial charge >= 0.3 is 0 Å². The van der Waals surface area contributed by atoms with E-state index in [0.29, 0.717) is 17.2 Å². The number of sulfonamides is 1. The molecule has 3 aromatic rings. The number of rotatable bonds is 13. The second kappa shape index (κ2) is 14.5. The lowest BCUT2D eigenvalue weighted by molar-refractivity contribution is -0.139. The fourth-order valence-electron chi connectivity index (χ4n) is 5.25. The van der Waals surface area contributed by atoms with Crippen molar-refractivity contribution in [2.45, 2.75) is 63.1 Å². The van der Waals surface area contributed by atoms with Gasteiger partial charge in [0.25, 0.3) is 10.0 Å². The van der Waals surface area contributed by atoms with Gasteiger partial charge in [0.1, 0.15) is 18.3 Å². The van der Waals surface area contributed by atoms with E-state index >= 15 is 0 Å². The van der Waals surface area contributed by atoms with Gasteiger partial charge in [-0.3, -0.25) is 13.9 Å². The number of hydrogen-bond donors (Lipinski definition) is 1. The minimum Gasteiger partial charge on any atom is -0.497 e. The largest absolute Gasteiger partial charge is 0.497 e. The van der Waals surface area contributed by atoms with E-state index in [1.165, 1.54) is 37.3 Å². The number of benzene rings is 3. The predicted molar refractivity (Wildman–Crippen MR) is 169 cm³/mol. The molecule has 0 aromatic heterocycles. The maximum absolute atomic E-state index is 14.2. The van der Waals surface area contributed by atoms with Crippen LogP contribution in [-0.4, -0.2) is 65.1 Å². The molecule has 4 rings (SSSR count). The van der Waals surface area contributed by atoms with Crippen molar-refractivity contribution in [2.24, 2.45) is 0 Å². The molecule has 10 nitrogen and oxygen atoms in total. The summed E-state index contributed by atoms with van der Waals surface area (Å²) < 4.78 is 45.3. The van der Waals surface area contributed by atoms with Gasteiger partial charge in [-0.25, -0.2) is 8.42 Å². The number of aryl methyl sites for hydroxylation is 1. The highest BCUT2D eigenvalue weighted by molar-refractivity contribution is 7.92. The predicted octanol–water partition coefficient (Wildman–Crippen LogP) is 4.69. The minimum absolute atomic E-state index is 0.0272. The van der Waals surface area contributed by atoms with Crippen LogP contribution in [0.15, 0.2) is 71.6 Å². The topological polar surface area (TPSA) is 114 Å². The maximum Gasteiger partial charge on any atom is 0.264 e. The zero-order valence-corrected chi connectivity index (χ0v) is 26.7. The zero-order valence-electron chi connectivity index (χ0n) is 25.9. The Labute approximate surface area is 260 Å². The van der Waals surface area contributed by atoms with E-state index in [1.54, 1.807) is 50.4 Å². The Morgan fingerprint density at radius 3 is 2.11 bits per heavy atom. The highest BCUT2D eigenvalue weighted by Crippen LogP contribution is 2.34. The Hall–Kier alpha value is -4.25. The molecule has 2 amide bonds. The van der Waals surface area contributed by atoms with E-state index in [4.69, 9.17) is 14.2 Å². The summed E-state index contributed by atoms with van der Waals surface area (Å²) in [6, 6.07) is 17.5. The van der Waals surface area contributed by atoms with E-state index in [1.807, 2.05) is 19.1 Å². The molecule has 0 spiro atoms. The van der Waals surface area contributed by atoms with Crippen LogP contribution >= 0.6 is 0 Å². The lowest BCUT2D eigenvalue weighted by atomic mass is 10.1. The summed E-state index contributed by atoms with van der Waals surface area (Å²) >= 11 is 0. The van der Waals surface area contributed by atoms with Gasteiger partial charge in [-0.15, -0.1) is 0 Å². The molecule has 11 heteroatoms. The van der Waals surface area contributed by atoms with Crippen LogP contribution in [0, 0.1) is 6.92 Å². The molecule has 1 N–H and O–H groups in total. The number of carbonyl (C=O) groups excluding carboxylic acids is 2. The molecule has 0 aliphatic heterocycles. The number of nitrogens with one attached hydrogen (secondary N) is 1. The quantitative estimate of drug-likeness (QED) is 0.294. The van der Waals surface area contributed by atoms with Crippen molar-refractivity contribution in [1.82, 2.24) is 10.2 Å². The van der Waals surface area contributed by atoms with Gasteiger partial charge in [0, 0.05) is 18.7 Å². The van der Waals surface area contributed by atoms with Crippen molar-refractivity contribution in [3.8, 4) is 17.2 Å². The highest BCUT2D eigenvalue weighted by atomic mass is 32.2. The van der Waals surface area contributed by atoms with Crippen molar-refractivity contribution in [3.05, 3.63) is 77.9 Å². The summed E-state index contributed by atoms with van der Waals surface area (Å²) in [4.78, 5) is 29.1. The normalized spacial score (nSPS) is 14.0. The van der Waals surface area contributed by atoms with Gasteiger partial charge in [0.15, 0.2) is 11.5 Å². The van der Waals surface area contributed by atoms with E-state index in [2.05, 4.69) is 5.32 Å². The molecule has 1 fully saturated rings. The van der Waals surface area contributed by atoms with Gasteiger partial charge in [-0.05, 0) is 68.7 Å². The standard InChI is InChI=1S/C33H41N3O7S/c1-23-10-17-29(18-11-23)44(39,40)36(27-14-19-30(42-4)31(20-27)43-5)22-32(37)35(21-25-12-15-28(41-3)16-13-25)24(2)33(38)34-26-8-6-7-9-26/h10-20,24,26H,6-9,21-22H2,1-5H3,(H,34,38). The molecular formula is C33H41N3O7S. The van der Waals surface area contributed by atoms with Gasteiger partial charge in [0.2, 0.25) is 11.8 Å². The fraction of sp³-hybridized carbons (Fsp3) is 0.394. The minimum atomic E-state index is -4.22. The Kier molecular flexibility index (Phi) is 10.7. The Morgan fingerprint density at radius 1 is 0.886 bits per heavy atom. The molecule has 0 radical (unpaired) electrons. The first-order valence-electron chi connectivity index (χ1n) is 14.6. The number of ether oxygens (including phenoxy) is 3. The molecule has 3 aromatic carbocycles. The second-order valence-electron chi connectivity index (χ2n) is 10.9. The van der Waals surface area contributed by atoms with Gasteiger partial charge in [-0.2, -0.15) is 0 Å². The zero-order chi connectivity index (χ0) is 31.9. The first-order valence-corrected chi connectivity index (χ1v) is 16.1. The van der Waals surface area contributed by atoms with Crippen LogP contribution in [0.1, 0.15) is 43.7 Å². The molecule has 0 bridgehead atoms. The Bertz CT molecular complexity index is 1540. The van der Waals surface area contributed by atoms with Gasteiger partial charge in [0.05, 0.1) is 31.9 Å². The van der Waals surface area contributed by atoms with Crippen LogP contribution < -0.4 is 23.8 Å². The summed E-state index contributed by atoms with van der Waals surface area (Å²) in [5.41, 5.74) is 1.87. The molecule has 1 atom stereocenters. The second-order valence-corrected chi connectivity index (χ2v) is 12.8. The monoisotopic (exact) mass is 623 g/mol. The van der Waals surface area contributed by atoms with Gasteiger partial charge in [-0.1, -0.05) is 42.7 Å². The number of methoxy groups -OCH3 is 3. The molecule has 1 aliphatic carbocycles. The van der Waals surface area contributed by atoms with Crippen LogP contribution in [0.5, 0.6) is 17.2 Å². The highest BCUT2D eigenvalue weighted by Gasteiger charge is 2.33. The third-order valence-electron chi connectivity index (χ3n) is 7.92. The van der Waals surface area contributed by atoms with E-state index in [-0.39, 0.29) is 29.1 Å². The molecule has 0 heterocycles. The summed E-state index contributed by atoms with van der Waals surface area (Å²) in [5.74, 6) is 0.551. The number of hydrogen-bond acceptors (Lipinski definition) is 7. The summed E-state index contributed by atoms with van der Waals surface area (Å²) in [6.45, 7) is 3.07. The van der Waals surface area contributed by atoms with Crippen LogP contribution in [0.2, 0.25) is 0 Å². The van der Waals surface area contributed by atoms with E-state index < -0.39 is 28.5 Å². The Balaban J connectivity index is 1.72. The first-order chi connectivity index (χ1) is 21.1. The van der Waals surface area contributed by atoms with Crippen LogP contribution in [0.4, 0.5) is 5.69 Å². The van der Waals surface area contributed by atoms with Crippen molar-refractivity contribution >= 4 is 27.5 Å². The molecule has 236 valence electrons. The molecule has 0 saturated heterocycles. The van der Waals surface area contributed by atoms with Crippen molar-refractivity contribution in [1.29, 1.82) is 0 Å². The van der Waals surface area contributed by atoms with Crippen LogP contribution in [0.3, 0.4) is 0 Å². The molecule has 44 heavy (non-hydrogen) atoms. The third-order valence-corrected chi connectivity index (χ3v) is 9.71.